The lowest BCUT2D eigenvalue weighted by Crippen LogP contribution is -2.24. The molecule has 5 nitrogen and oxygen atoms in total. The van der Waals surface area contributed by atoms with Crippen molar-refractivity contribution in [3.8, 4) is 11.4 Å². The third kappa shape index (κ3) is 3.67. The molecule has 2 N–H and O–H groups in total. The minimum Gasteiger partial charge on any atom is -0.368 e. The van der Waals surface area contributed by atoms with Gasteiger partial charge in [-0.2, -0.15) is 9.67 Å². The van der Waals surface area contributed by atoms with Crippen LogP contribution in [0, 0.1) is 13.8 Å². The first-order chi connectivity index (χ1) is 14.0. The lowest BCUT2D eigenvalue weighted by Gasteiger charge is -2.16. The standard InChI is InChI=1S/C24H22N4O/c1-16-13-14-20(15-17(16)2)22-26-24(25)28(27-22)23(29)21(18-9-5-3-6-10-18)19-11-7-4-8-12-19/h3-15,21H,1-2H3,(H2,25,26,27). The molecule has 29 heavy (non-hydrogen) atoms. The number of hydrogen-bond donors (Lipinski definition) is 1. The van der Waals surface area contributed by atoms with E-state index in [0.29, 0.717) is 5.82 Å². The molecule has 0 aliphatic rings. The predicted octanol–water partition coefficient (Wildman–Crippen LogP) is 4.62. The molecule has 1 heterocycles. The Morgan fingerprint density at radius 2 is 1.45 bits per heavy atom. The number of rotatable bonds is 4. The maximum absolute atomic E-state index is 13.5. The molecule has 0 spiro atoms. The first-order valence-electron chi connectivity index (χ1n) is 9.49. The average molecular weight is 382 g/mol. The van der Waals surface area contributed by atoms with Crippen LogP contribution < -0.4 is 5.73 Å². The minimum absolute atomic E-state index is 0.0834. The van der Waals surface area contributed by atoms with E-state index in [1.165, 1.54) is 10.2 Å². The molecule has 0 amide bonds. The zero-order valence-corrected chi connectivity index (χ0v) is 16.4. The molecule has 3 aromatic carbocycles. The van der Waals surface area contributed by atoms with E-state index < -0.39 is 5.92 Å². The van der Waals surface area contributed by atoms with Crippen LogP contribution in [0.1, 0.15) is 33.0 Å². The number of aromatic nitrogens is 3. The van der Waals surface area contributed by atoms with Gasteiger partial charge in [0.25, 0.3) is 5.91 Å². The van der Waals surface area contributed by atoms with Gasteiger partial charge in [0, 0.05) is 5.56 Å². The minimum atomic E-state index is -0.519. The Balaban J connectivity index is 1.77. The van der Waals surface area contributed by atoms with Gasteiger partial charge in [-0.05, 0) is 42.2 Å². The zero-order chi connectivity index (χ0) is 20.4. The summed E-state index contributed by atoms with van der Waals surface area (Å²) >= 11 is 0. The van der Waals surface area contributed by atoms with Gasteiger partial charge in [-0.15, -0.1) is 5.10 Å². The number of nitrogen functional groups attached to an aromatic ring is 1. The summed E-state index contributed by atoms with van der Waals surface area (Å²) in [5, 5.41) is 4.45. The van der Waals surface area contributed by atoms with Crippen molar-refractivity contribution in [3.05, 3.63) is 101 Å². The zero-order valence-electron chi connectivity index (χ0n) is 16.4. The van der Waals surface area contributed by atoms with Crippen molar-refractivity contribution in [2.75, 3.05) is 5.73 Å². The Morgan fingerprint density at radius 3 is 2.00 bits per heavy atom. The van der Waals surface area contributed by atoms with E-state index in [4.69, 9.17) is 5.73 Å². The number of nitrogens with two attached hydrogens (primary N) is 1. The molecule has 144 valence electrons. The molecule has 4 rings (SSSR count). The molecule has 5 heteroatoms. The number of nitrogens with zero attached hydrogens (tertiary/aromatic N) is 3. The van der Waals surface area contributed by atoms with E-state index in [1.807, 2.05) is 92.7 Å². The molecule has 0 aliphatic heterocycles. The van der Waals surface area contributed by atoms with Gasteiger partial charge in [-0.3, -0.25) is 4.79 Å². The van der Waals surface area contributed by atoms with Crippen LogP contribution in [0.3, 0.4) is 0 Å². The van der Waals surface area contributed by atoms with Crippen LogP contribution in [-0.4, -0.2) is 20.7 Å². The van der Waals surface area contributed by atoms with Crippen LogP contribution >= 0.6 is 0 Å². The second-order valence-corrected chi connectivity index (χ2v) is 7.10. The van der Waals surface area contributed by atoms with Gasteiger partial charge in [0.15, 0.2) is 5.82 Å². The monoisotopic (exact) mass is 382 g/mol. The summed E-state index contributed by atoms with van der Waals surface area (Å²) in [5.74, 6) is -0.226. The largest absolute Gasteiger partial charge is 0.368 e. The fourth-order valence-electron chi connectivity index (χ4n) is 3.38. The van der Waals surface area contributed by atoms with Gasteiger partial charge in [0.05, 0.1) is 5.92 Å². The summed E-state index contributed by atoms with van der Waals surface area (Å²) in [5.41, 5.74) is 11.0. The fourth-order valence-corrected chi connectivity index (χ4v) is 3.38. The Kier molecular flexibility index (Phi) is 4.96. The number of carbonyl (C=O) groups excluding carboxylic acids is 1. The molecule has 0 aliphatic carbocycles. The maximum atomic E-state index is 13.5. The second kappa shape index (κ2) is 7.72. The Hall–Kier alpha value is -3.73. The van der Waals surface area contributed by atoms with E-state index >= 15 is 0 Å². The van der Waals surface area contributed by atoms with Crippen LogP contribution in [0.25, 0.3) is 11.4 Å². The quantitative estimate of drug-likeness (QED) is 0.559. The highest BCUT2D eigenvalue weighted by molar-refractivity contribution is 5.90. The topological polar surface area (TPSA) is 73.8 Å². The maximum Gasteiger partial charge on any atom is 0.262 e. The highest BCUT2D eigenvalue weighted by atomic mass is 16.2. The molecular formula is C24H22N4O. The predicted molar refractivity (Wildman–Crippen MR) is 115 cm³/mol. The summed E-state index contributed by atoms with van der Waals surface area (Å²) in [7, 11) is 0. The van der Waals surface area contributed by atoms with Crippen molar-refractivity contribution in [1.29, 1.82) is 0 Å². The summed E-state index contributed by atoms with van der Waals surface area (Å²) in [6.45, 7) is 4.08. The Labute approximate surface area is 169 Å². The van der Waals surface area contributed by atoms with Crippen LogP contribution in [0.5, 0.6) is 0 Å². The summed E-state index contributed by atoms with van der Waals surface area (Å²) in [6.07, 6.45) is 0. The van der Waals surface area contributed by atoms with Crippen molar-refractivity contribution in [1.82, 2.24) is 14.8 Å². The van der Waals surface area contributed by atoms with Gasteiger partial charge in [0.2, 0.25) is 5.95 Å². The van der Waals surface area contributed by atoms with Crippen molar-refractivity contribution < 1.29 is 4.79 Å². The molecule has 0 atom stereocenters. The number of carbonyl (C=O) groups is 1. The van der Waals surface area contributed by atoms with E-state index in [9.17, 15) is 4.79 Å². The molecule has 0 saturated carbocycles. The number of hydrogen-bond acceptors (Lipinski definition) is 4. The first kappa shape index (κ1) is 18.6. The van der Waals surface area contributed by atoms with Crippen LogP contribution in [0.15, 0.2) is 78.9 Å². The van der Waals surface area contributed by atoms with Gasteiger partial charge < -0.3 is 5.73 Å². The third-order valence-electron chi connectivity index (χ3n) is 5.12. The van der Waals surface area contributed by atoms with E-state index in [1.54, 1.807) is 0 Å². The Morgan fingerprint density at radius 1 is 0.862 bits per heavy atom. The summed E-state index contributed by atoms with van der Waals surface area (Å²) in [6, 6.07) is 25.2. The van der Waals surface area contributed by atoms with E-state index in [2.05, 4.69) is 10.1 Å². The van der Waals surface area contributed by atoms with Crippen LogP contribution in [-0.2, 0) is 0 Å². The molecular weight excluding hydrogens is 360 g/mol. The molecule has 0 unspecified atom stereocenters. The normalized spacial score (nSPS) is 11.0. The van der Waals surface area contributed by atoms with Crippen molar-refractivity contribution in [2.24, 2.45) is 0 Å². The van der Waals surface area contributed by atoms with Crippen molar-refractivity contribution in [2.45, 2.75) is 19.8 Å². The average Bonchev–Trinajstić information content (AvgIpc) is 3.13. The molecule has 0 fully saturated rings. The lowest BCUT2D eigenvalue weighted by atomic mass is 9.90. The van der Waals surface area contributed by atoms with Gasteiger partial charge in [0.1, 0.15) is 0 Å². The smallest absolute Gasteiger partial charge is 0.262 e. The number of anilines is 1. The number of aryl methyl sites for hydroxylation is 2. The Bertz CT molecular complexity index is 1110. The molecule has 0 saturated heterocycles. The van der Waals surface area contributed by atoms with Crippen molar-refractivity contribution >= 4 is 11.9 Å². The molecule has 0 radical (unpaired) electrons. The third-order valence-corrected chi connectivity index (χ3v) is 5.12. The first-order valence-corrected chi connectivity index (χ1v) is 9.49. The van der Waals surface area contributed by atoms with Gasteiger partial charge in [-0.1, -0.05) is 72.8 Å². The summed E-state index contributed by atoms with van der Waals surface area (Å²) < 4.78 is 1.22. The van der Waals surface area contributed by atoms with Gasteiger partial charge >= 0.3 is 0 Å². The molecule has 1 aromatic heterocycles. The van der Waals surface area contributed by atoms with E-state index in [0.717, 1.165) is 22.3 Å². The fraction of sp³-hybridized carbons (Fsp3) is 0.125. The second-order valence-electron chi connectivity index (χ2n) is 7.10. The molecule has 4 aromatic rings. The lowest BCUT2D eigenvalue weighted by molar-refractivity contribution is 0.0880. The van der Waals surface area contributed by atoms with Crippen molar-refractivity contribution in [3.63, 3.8) is 0 Å². The highest BCUT2D eigenvalue weighted by Crippen LogP contribution is 2.28. The highest BCUT2D eigenvalue weighted by Gasteiger charge is 2.27. The summed E-state index contributed by atoms with van der Waals surface area (Å²) in [4.78, 5) is 17.9. The SMILES string of the molecule is Cc1ccc(-c2nc(N)n(C(=O)C(c3ccccc3)c3ccccc3)n2)cc1C. The van der Waals surface area contributed by atoms with E-state index in [-0.39, 0.29) is 11.9 Å². The van der Waals surface area contributed by atoms with Gasteiger partial charge in [-0.25, -0.2) is 0 Å². The van der Waals surface area contributed by atoms with Crippen LogP contribution in [0.2, 0.25) is 0 Å². The number of benzene rings is 3. The van der Waals surface area contributed by atoms with Crippen LogP contribution in [0.4, 0.5) is 5.95 Å². The molecule has 0 bridgehead atoms.